The molecule has 0 aromatic heterocycles. The van der Waals surface area contributed by atoms with Gasteiger partial charge in [-0.25, -0.2) is 0 Å². The summed E-state index contributed by atoms with van der Waals surface area (Å²) in [6.07, 6.45) is 0. The molecule has 0 amide bonds. The van der Waals surface area contributed by atoms with Crippen LogP contribution in [0.15, 0.2) is 0 Å². The van der Waals surface area contributed by atoms with Crippen molar-refractivity contribution in [1.82, 2.24) is 0 Å². The van der Waals surface area contributed by atoms with Crippen LogP contribution in [0.1, 0.15) is 0 Å². The second-order valence-corrected chi connectivity index (χ2v) is 2.61. The van der Waals surface area contributed by atoms with Gasteiger partial charge < -0.3 is 4.48 Å². The van der Waals surface area contributed by atoms with Crippen LogP contribution in [0.4, 0.5) is 0 Å². The molecule has 0 aromatic carbocycles. The van der Waals surface area contributed by atoms with Gasteiger partial charge in [0.1, 0.15) is 6.07 Å². The molecule has 0 aliphatic carbocycles. The Bertz CT molecular complexity index is 83.2. The van der Waals surface area contributed by atoms with Crippen molar-refractivity contribution < 1.29 is 4.48 Å². The van der Waals surface area contributed by atoms with Gasteiger partial charge in [0.2, 0.25) is 0 Å². The topological polar surface area (TPSA) is 23.8 Å². The summed E-state index contributed by atoms with van der Waals surface area (Å²) in [6, 6.07) is 2.08. The van der Waals surface area contributed by atoms with E-state index in [1.165, 1.54) is 0 Å². The molecule has 0 aliphatic heterocycles. The monoisotopic (exact) mass is 99.1 g/mol. The smallest absolute Gasteiger partial charge is 0.165 e. The number of hydrogen-bond donors (Lipinski definition) is 0. The molecule has 0 N–H and O–H groups in total. The minimum Gasteiger partial charge on any atom is -0.319 e. The van der Waals surface area contributed by atoms with Crippen molar-refractivity contribution in [3.63, 3.8) is 0 Å². The average Bonchev–Trinajstić information content (AvgIpc) is 1.30. The van der Waals surface area contributed by atoms with E-state index in [0.717, 1.165) is 4.48 Å². The van der Waals surface area contributed by atoms with E-state index in [1.807, 2.05) is 21.1 Å². The minimum atomic E-state index is 0.583. The Morgan fingerprint density at radius 1 is 1.43 bits per heavy atom. The number of nitriles is 1. The van der Waals surface area contributed by atoms with Gasteiger partial charge in [0.05, 0.1) is 21.1 Å². The number of quaternary nitrogens is 1. The Hall–Kier alpha value is -0.550. The highest BCUT2D eigenvalue weighted by Crippen LogP contribution is 1.84. The third kappa shape index (κ3) is 5.45. The molecule has 0 rings (SSSR count). The van der Waals surface area contributed by atoms with Gasteiger partial charge in [0.25, 0.3) is 0 Å². The van der Waals surface area contributed by atoms with E-state index in [0.29, 0.717) is 6.54 Å². The maximum Gasteiger partial charge on any atom is 0.165 e. The van der Waals surface area contributed by atoms with Crippen molar-refractivity contribution in [3.05, 3.63) is 0 Å². The highest BCUT2D eigenvalue weighted by molar-refractivity contribution is 4.65. The SMILES string of the molecule is C[N+](C)(C)CC#N. The van der Waals surface area contributed by atoms with Crippen LogP contribution in [-0.2, 0) is 0 Å². The van der Waals surface area contributed by atoms with Gasteiger partial charge in [0.15, 0.2) is 6.54 Å². The summed E-state index contributed by atoms with van der Waals surface area (Å²) in [5.41, 5.74) is 0. The van der Waals surface area contributed by atoms with Gasteiger partial charge in [-0.1, -0.05) is 0 Å². The molecule has 0 spiro atoms. The summed E-state index contributed by atoms with van der Waals surface area (Å²) in [7, 11) is 5.97. The normalized spacial score (nSPS) is 10.6. The van der Waals surface area contributed by atoms with Crippen LogP contribution in [-0.4, -0.2) is 32.2 Å². The van der Waals surface area contributed by atoms with Crippen LogP contribution in [0.2, 0.25) is 0 Å². The van der Waals surface area contributed by atoms with Crippen molar-refractivity contribution in [2.75, 3.05) is 27.7 Å². The Kier molecular flexibility index (Phi) is 1.79. The van der Waals surface area contributed by atoms with Crippen LogP contribution in [0.3, 0.4) is 0 Å². The maximum absolute atomic E-state index is 8.14. The van der Waals surface area contributed by atoms with Gasteiger partial charge in [-0.2, -0.15) is 5.26 Å². The summed E-state index contributed by atoms with van der Waals surface area (Å²) in [5.74, 6) is 0. The van der Waals surface area contributed by atoms with E-state index in [2.05, 4.69) is 6.07 Å². The lowest BCUT2D eigenvalue weighted by Crippen LogP contribution is -2.34. The van der Waals surface area contributed by atoms with Crippen molar-refractivity contribution in [2.24, 2.45) is 0 Å². The molecule has 0 radical (unpaired) electrons. The Balaban J connectivity index is 3.40. The molecule has 0 aromatic rings. The largest absolute Gasteiger partial charge is 0.319 e. The molecule has 2 heteroatoms. The first-order valence-electron chi connectivity index (χ1n) is 2.24. The zero-order chi connectivity index (χ0) is 5.91. The number of hydrogen-bond acceptors (Lipinski definition) is 1. The molecule has 0 saturated heterocycles. The molecule has 0 aliphatic rings. The molecule has 2 nitrogen and oxygen atoms in total. The number of nitrogens with zero attached hydrogens (tertiary/aromatic N) is 2. The fourth-order valence-corrected chi connectivity index (χ4v) is 0.212. The van der Waals surface area contributed by atoms with E-state index >= 15 is 0 Å². The van der Waals surface area contributed by atoms with Gasteiger partial charge in [-0.3, -0.25) is 0 Å². The molecular formula is C5H11N2+. The zero-order valence-corrected chi connectivity index (χ0v) is 5.10. The summed E-state index contributed by atoms with van der Waals surface area (Å²) in [5, 5.41) is 8.14. The number of rotatable bonds is 1. The van der Waals surface area contributed by atoms with E-state index in [1.54, 1.807) is 0 Å². The molecule has 0 bridgehead atoms. The highest BCUT2D eigenvalue weighted by atomic mass is 15.3. The van der Waals surface area contributed by atoms with E-state index in [9.17, 15) is 0 Å². The summed E-state index contributed by atoms with van der Waals surface area (Å²) < 4.78 is 0.733. The fourth-order valence-electron chi connectivity index (χ4n) is 0.212. The summed E-state index contributed by atoms with van der Waals surface area (Å²) >= 11 is 0. The zero-order valence-electron chi connectivity index (χ0n) is 5.10. The molecule has 0 saturated carbocycles. The lowest BCUT2D eigenvalue weighted by Gasteiger charge is -2.18. The maximum atomic E-state index is 8.14. The molecule has 0 fully saturated rings. The molecule has 40 valence electrons. The van der Waals surface area contributed by atoms with Crippen molar-refractivity contribution in [2.45, 2.75) is 0 Å². The first-order chi connectivity index (χ1) is 3.06. The summed E-state index contributed by atoms with van der Waals surface area (Å²) in [6.45, 7) is 0.583. The quantitative estimate of drug-likeness (QED) is 0.340. The Morgan fingerprint density at radius 2 is 1.86 bits per heavy atom. The van der Waals surface area contributed by atoms with Gasteiger partial charge in [-0.15, -0.1) is 0 Å². The second-order valence-electron chi connectivity index (χ2n) is 2.61. The van der Waals surface area contributed by atoms with Gasteiger partial charge >= 0.3 is 0 Å². The van der Waals surface area contributed by atoms with E-state index < -0.39 is 0 Å². The van der Waals surface area contributed by atoms with Crippen LogP contribution in [0.5, 0.6) is 0 Å². The Morgan fingerprint density at radius 3 is 1.86 bits per heavy atom. The average molecular weight is 99.2 g/mol. The van der Waals surface area contributed by atoms with Crippen molar-refractivity contribution >= 4 is 0 Å². The van der Waals surface area contributed by atoms with Crippen LogP contribution >= 0.6 is 0 Å². The lowest BCUT2D eigenvalue weighted by molar-refractivity contribution is -0.863. The van der Waals surface area contributed by atoms with Gasteiger partial charge in [-0.05, 0) is 0 Å². The van der Waals surface area contributed by atoms with Crippen molar-refractivity contribution in [1.29, 1.82) is 5.26 Å². The van der Waals surface area contributed by atoms with E-state index in [4.69, 9.17) is 5.26 Å². The highest BCUT2D eigenvalue weighted by Gasteiger charge is 2.01. The third-order valence-corrected chi connectivity index (χ3v) is 0.545. The molecule has 0 atom stereocenters. The molecule has 0 unspecified atom stereocenters. The Labute approximate surface area is 44.6 Å². The lowest BCUT2D eigenvalue weighted by atomic mass is 10.6. The predicted molar refractivity (Wildman–Crippen MR) is 28.5 cm³/mol. The third-order valence-electron chi connectivity index (χ3n) is 0.545. The van der Waals surface area contributed by atoms with Crippen LogP contribution in [0, 0.1) is 11.3 Å². The molecular weight excluding hydrogens is 88.1 g/mol. The van der Waals surface area contributed by atoms with Crippen molar-refractivity contribution in [3.8, 4) is 6.07 Å². The van der Waals surface area contributed by atoms with Gasteiger partial charge in [0, 0.05) is 0 Å². The fraction of sp³-hybridized carbons (Fsp3) is 0.800. The second kappa shape index (κ2) is 1.94. The van der Waals surface area contributed by atoms with E-state index in [-0.39, 0.29) is 0 Å². The first-order valence-corrected chi connectivity index (χ1v) is 2.24. The molecule has 0 heterocycles. The summed E-state index contributed by atoms with van der Waals surface area (Å²) in [4.78, 5) is 0. The van der Waals surface area contributed by atoms with Crippen LogP contribution < -0.4 is 0 Å². The van der Waals surface area contributed by atoms with Crippen LogP contribution in [0.25, 0.3) is 0 Å². The molecule has 7 heavy (non-hydrogen) atoms. The first kappa shape index (κ1) is 6.45. The predicted octanol–water partition coefficient (Wildman–Crippen LogP) is 0.216. The standard InChI is InChI=1S/C5H11N2/c1-7(2,3)5-4-6/h5H2,1-3H3/q+1. The minimum absolute atomic E-state index is 0.583.